The zero-order valence-electron chi connectivity index (χ0n) is 20.5. The van der Waals surface area contributed by atoms with Gasteiger partial charge in [-0.1, -0.05) is 52.0 Å². The van der Waals surface area contributed by atoms with Crippen LogP contribution >= 0.6 is 0 Å². The summed E-state index contributed by atoms with van der Waals surface area (Å²) in [6, 6.07) is 18.0. The first-order valence-electron chi connectivity index (χ1n) is 12.5. The predicted molar refractivity (Wildman–Crippen MR) is 139 cm³/mol. The van der Waals surface area contributed by atoms with Crippen molar-refractivity contribution in [2.75, 3.05) is 0 Å². The molecule has 0 atom stereocenters. The van der Waals surface area contributed by atoms with E-state index in [0.29, 0.717) is 17.3 Å². The Balaban J connectivity index is 1.54. The lowest BCUT2D eigenvalue weighted by atomic mass is 9.71. The van der Waals surface area contributed by atoms with Crippen LogP contribution in [0, 0.1) is 12.3 Å². The van der Waals surface area contributed by atoms with E-state index in [2.05, 4.69) is 83.1 Å². The topological polar surface area (TPSA) is 22.1 Å². The Hall–Kier alpha value is -2.87. The Kier molecular flexibility index (Phi) is 4.59. The molecule has 1 aliphatic heterocycles. The number of aryl methyl sites for hydroxylation is 1. The van der Waals surface area contributed by atoms with Gasteiger partial charge in [0, 0.05) is 16.3 Å². The second-order valence-electron chi connectivity index (χ2n) is 11.4. The molecule has 2 aliphatic rings. The van der Waals surface area contributed by atoms with Crippen LogP contribution in [0.1, 0.15) is 81.9 Å². The van der Waals surface area contributed by atoms with Crippen molar-refractivity contribution in [3.8, 4) is 22.8 Å². The molecular weight excluding hydrogens is 402 g/mol. The van der Waals surface area contributed by atoms with Gasteiger partial charge in [-0.3, -0.25) is 0 Å². The third kappa shape index (κ3) is 3.42. The first-order valence-corrected chi connectivity index (χ1v) is 12.5. The summed E-state index contributed by atoms with van der Waals surface area (Å²) >= 11 is 0. The third-order valence-corrected chi connectivity index (χ3v) is 7.96. The Bertz CT molecular complexity index is 1400. The van der Waals surface area contributed by atoms with Gasteiger partial charge >= 0.3 is 0 Å². The van der Waals surface area contributed by atoms with Crippen LogP contribution in [-0.2, 0) is 0 Å². The highest BCUT2D eigenvalue weighted by molar-refractivity contribution is 6.05. The molecule has 1 aliphatic carbocycles. The molecule has 1 aromatic heterocycles. The number of aromatic nitrogens is 1. The quantitative estimate of drug-likeness (QED) is 0.275. The van der Waals surface area contributed by atoms with Crippen molar-refractivity contribution < 1.29 is 4.74 Å². The molecule has 33 heavy (non-hydrogen) atoms. The van der Waals surface area contributed by atoms with Gasteiger partial charge < -0.3 is 4.74 Å². The molecular formula is C31H33NO. The van der Waals surface area contributed by atoms with Gasteiger partial charge in [0.2, 0.25) is 0 Å². The highest BCUT2D eigenvalue weighted by Gasteiger charge is 2.29. The molecule has 0 amide bonds. The maximum atomic E-state index is 6.60. The van der Waals surface area contributed by atoms with E-state index in [1.165, 1.54) is 64.1 Å². The number of nitrogens with zero attached hydrogens (tertiary/aromatic N) is 1. The monoisotopic (exact) mass is 435 g/mol. The Morgan fingerprint density at radius 1 is 0.970 bits per heavy atom. The maximum Gasteiger partial charge on any atom is 0.154 e. The summed E-state index contributed by atoms with van der Waals surface area (Å²) in [5.41, 5.74) is 7.74. The van der Waals surface area contributed by atoms with Crippen LogP contribution in [0.4, 0.5) is 0 Å². The fourth-order valence-electron chi connectivity index (χ4n) is 5.90. The fraction of sp³-hybridized carbons (Fsp3) is 0.387. The molecule has 0 unspecified atom stereocenters. The van der Waals surface area contributed by atoms with Gasteiger partial charge in [0.1, 0.15) is 11.4 Å². The number of pyridine rings is 1. The number of benzene rings is 3. The summed E-state index contributed by atoms with van der Waals surface area (Å²) in [5.74, 6) is 2.93. The van der Waals surface area contributed by atoms with Crippen molar-refractivity contribution in [3.63, 3.8) is 0 Å². The summed E-state index contributed by atoms with van der Waals surface area (Å²) in [5, 5.41) is 3.70. The molecule has 2 heterocycles. The van der Waals surface area contributed by atoms with E-state index in [1.807, 2.05) is 0 Å². The molecule has 1 saturated carbocycles. The third-order valence-electron chi connectivity index (χ3n) is 7.96. The van der Waals surface area contributed by atoms with E-state index in [4.69, 9.17) is 9.72 Å². The maximum absolute atomic E-state index is 6.60. The van der Waals surface area contributed by atoms with Gasteiger partial charge in [-0.25, -0.2) is 4.98 Å². The van der Waals surface area contributed by atoms with Crippen molar-refractivity contribution >= 4 is 21.7 Å². The average Bonchev–Trinajstić information content (AvgIpc) is 2.77. The SMILES string of the molecule is Cc1cc2c3c(cc(C(C)C)cc3c1)Oc1cc3c(C4CCC(C)(C)CC4)cccc3nc1-2. The summed E-state index contributed by atoms with van der Waals surface area (Å²) in [7, 11) is 0. The Morgan fingerprint density at radius 2 is 1.76 bits per heavy atom. The fourth-order valence-corrected chi connectivity index (χ4v) is 5.90. The van der Waals surface area contributed by atoms with Gasteiger partial charge in [0.25, 0.3) is 0 Å². The van der Waals surface area contributed by atoms with Crippen LogP contribution in [-0.4, -0.2) is 4.98 Å². The minimum Gasteiger partial charge on any atom is -0.454 e. The number of ether oxygens (including phenoxy) is 1. The van der Waals surface area contributed by atoms with E-state index in [9.17, 15) is 0 Å². The molecule has 3 aromatic carbocycles. The first kappa shape index (κ1) is 20.7. The number of hydrogen-bond donors (Lipinski definition) is 0. The molecule has 1 fully saturated rings. The minimum atomic E-state index is 0.455. The van der Waals surface area contributed by atoms with Gasteiger partial charge in [-0.15, -0.1) is 0 Å². The van der Waals surface area contributed by atoms with E-state index in [-0.39, 0.29) is 0 Å². The average molecular weight is 436 g/mol. The van der Waals surface area contributed by atoms with Crippen molar-refractivity contribution in [2.24, 2.45) is 5.41 Å². The zero-order valence-corrected chi connectivity index (χ0v) is 20.5. The largest absolute Gasteiger partial charge is 0.454 e. The van der Waals surface area contributed by atoms with Crippen LogP contribution < -0.4 is 4.74 Å². The lowest BCUT2D eigenvalue weighted by molar-refractivity contribution is 0.225. The second-order valence-corrected chi connectivity index (χ2v) is 11.4. The minimum absolute atomic E-state index is 0.455. The first-order chi connectivity index (χ1) is 15.8. The van der Waals surface area contributed by atoms with Crippen molar-refractivity contribution in [1.29, 1.82) is 0 Å². The smallest absolute Gasteiger partial charge is 0.154 e. The van der Waals surface area contributed by atoms with E-state index >= 15 is 0 Å². The molecule has 2 heteroatoms. The highest BCUT2D eigenvalue weighted by Crippen LogP contribution is 2.49. The summed E-state index contributed by atoms with van der Waals surface area (Å²) in [6.45, 7) is 11.5. The number of fused-ring (bicyclic) bond motifs is 3. The molecule has 0 saturated heterocycles. The summed E-state index contributed by atoms with van der Waals surface area (Å²) in [4.78, 5) is 5.20. The van der Waals surface area contributed by atoms with Crippen molar-refractivity contribution in [1.82, 2.24) is 4.98 Å². The standard InChI is InChI=1S/C31H33NO/c1-18(2)21-15-22-13-19(3)14-25-29(22)27(16-21)33-28-17-24-23(7-6-8-26(24)32-30(25)28)20-9-11-31(4,5)12-10-20/h6-8,13-18,20H,9-12H2,1-5H3. The molecule has 4 aromatic rings. The molecule has 0 radical (unpaired) electrons. The Labute approximate surface area is 197 Å². The van der Waals surface area contributed by atoms with Gasteiger partial charge in [0.05, 0.1) is 5.52 Å². The second kappa shape index (κ2) is 7.32. The summed E-state index contributed by atoms with van der Waals surface area (Å²) in [6.07, 6.45) is 5.08. The van der Waals surface area contributed by atoms with Crippen molar-refractivity contribution in [2.45, 2.75) is 72.1 Å². The molecule has 168 valence electrons. The van der Waals surface area contributed by atoms with Crippen LogP contribution in [0.25, 0.3) is 32.9 Å². The molecule has 0 spiro atoms. The normalized spacial score (nSPS) is 17.4. The Morgan fingerprint density at radius 3 is 2.52 bits per heavy atom. The molecule has 0 bridgehead atoms. The van der Waals surface area contributed by atoms with Gasteiger partial charge in [-0.2, -0.15) is 0 Å². The molecule has 6 rings (SSSR count). The predicted octanol–water partition coefficient (Wildman–Crippen LogP) is 9.28. The zero-order chi connectivity index (χ0) is 22.9. The summed E-state index contributed by atoms with van der Waals surface area (Å²) < 4.78 is 6.60. The van der Waals surface area contributed by atoms with E-state index < -0.39 is 0 Å². The molecule has 2 nitrogen and oxygen atoms in total. The van der Waals surface area contributed by atoms with E-state index in [0.717, 1.165) is 22.7 Å². The lowest BCUT2D eigenvalue weighted by Gasteiger charge is -2.35. The van der Waals surface area contributed by atoms with Crippen LogP contribution in [0.2, 0.25) is 0 Å². The van der Waals surface area contributed by atoms with E-state index in [1.54, 1.807) is 0 Å². The number of rotatable bonds is 2. The van der Waals surface area contributed by atoms with Gasteiger partial charge in [0.15, 0.2) is 5.75 Å². The van der Waals surface area contributed by atoms with Gasteiger partial charge in [-0.05, 0) is 96.2 Å². The highest BCUT2D eigenvalue weighted by atomic mass is 16.5. The molecule has 0 N–H and O–H groups in total. The van der Waals surface area contributed by atoms with Crippen LogP contribution in [0.15, 0.2) is 48.5 Å². The lowest BCUT2D eigenvalue weighted by Crippen LogP contribution is -2.20. The van der Waals surface area contributed by atoms with Crippen LogP contribution in [0.5, 0.6) is 11.5 Å². The van der Waals surface area contributed by atoms with Crippen LogP contribution in [0.3, 0.4) is 0 Å². The van der Waals surface area contributed by atoms with Crippen molar-refractivity contribution in [3.05, 3.63) is 65.2 Å². The number of hydrogen-bond acceptors (Lipinski definition) is 2.